The van der Waals surface area contributed by atoms with Crippen molar-refractivity contribution in [2.24, 2.45) is 0 Å². The lowest BCUT2D eigenvalue weighted by Gasteiger charge is -2.09. The minimum Gasteiger partial charge on any atom is -0.481 e. The maximum atomic E-state index is 12.1. The zero-order valence-corrected chi connectivity index (χ0v) is 12.3. The Morgan fingerprint density at radius 1 is 1.33 bits per heavy atom. The van der Waals surface area contributed by atoms with Crippen molar-refractivity contribution in [3.8, 4) is 0 Å². The molecule has 5 nitrogen and oxygen atoms in total. The summed E-state index contributed by atoms with van der Waals surface area (Å²) < 4.78 is 6.94. The molecule has 1 heterocycles. The van der Waals surface area contributed by atoms with Gasteiger partial charge in [-0.05, 0) is 38.0 Å². The number of rotatable bonds is 6. The summed E-state index contributed by atoms with van der Waals surface area (Å²) in [7, 11) is 0. The fourth-order valence-electron chi connectivity index (χ4n) is 2.44. The van der Waals surface area contributed by atoms with Gasteiger partial charge in [0.1, 0.15) is 5.69 Å². The Morgan fingerprint density at radius 3 is 2.76 bits per heavy atom. The van der Waals surface area contributed by atoms with E-state index in [-0.39, 0.29) is 12.4 Å². The number of aromatic nitrogens is 1. The zero-order valence-electron chi connectivity index (χ0n) is 12.3. The molecule has 0 aliphatic rings. The van der Waals surface area contributed by atoms with E-state index in [0.717, 1.165) is 16.5 Å². The number of fused-ring (bicyclic) bond motifs is 1. The molecule has 0 aliphatic heterocycles. The van der Waals surface area contributed by atoms with E-state index in [1.165, 1.54) is 0 Å². The van der Waals surface area contributed by atoms with E-state index in [1.54, 1.807) is 6.92 Å². The number of carboxylic acids is 1. The smallest absolute Gasteiger partial charge is 0.354 e. The molecule has 21 heavy (non-hydrogen) atoms. The van der Waals surface area contributed by atoms with Crippen LogP contribution in [-0.4, -0.2) is 28.2 Å². The normalized spacial score (nSPS) is 10.8. The summed E-state index contributed by atoms with van der Waals surface area (Å²) in [5.74, 6) is -1.20. The summed E-state index contributed by atoms with van der Waals surface area (Å²) >= 11 is 0. The molecule has 1 aromatic carbocycles. The highest BCUT2D eigenvalue weighted by Gasteiger charge is 2.17. The minimum absolute atomic E-state index is 0.0771. The minimum atomic E-state index is -0.833. The van der Waals surface area contributed by atoms with E-state index in [2.05, 4.69) is 0 Å². The second kappa shape index (κ2) is 6.43. The number of nitrogens with zero attached hydrogens (tertiary/aromatic N) is 1. The Labute approximate surface area is 123 Å². The number of carbonyl (C=O) groups excluding carboxylic acids is 1. The third-order valence-electron chi connectivity index (χ3n) is 3.42. The van der Waals surface area contributed by atoms with Crippen LogP contribution in [0, 0.1) is 6.92 Å². The van der Waals surface area contributed by atoms with E-state index >= 15 is 0 Å². The van der Waals surface area contributed by atoms with Gasteiger partial charge >= 0.3 is 11.9 Å². The van der Waals surface area contributed by atoms with E-state index in [0.29, 0.717) is 25.3 Å². The molecule has 1 N–H and O–H groups in total. The lowest BCUT2D eigenvalue weighted by Crippen LogP contribution is -2.13. The van der Waals surface area contributed by atoms with Gasteiger partial charge in [0.15, 0.2) is 0 Å². The molecular formula is C16H19NO4. The predicted molar refractivity (Wildman–Crippen MR) is 79.5 cm³/mol. The van der Waals surface area contributed by atoms with Crippen LogP contribution >= 0.6 is 0 Å². The van der Waals surface area contributed by atoms with E-state index in [9.17, 15) is 9.59 Å². The molecule has 0 unspecified atom stereocenters. The number of hydrogen-bond acceptors (Lipinski definition) is 3. The summed E-state index contributed by atoms with van der Waals surface area (Å²) in [5, 5.41) is 9.76. The molecule has 2 rings (SSSR count). The summed E-state index contributed by atoms with van der Waals surface area (Å²) in [4.78, 5) is 22.7. The number of carboxylic acid groups (broad SMARTS) is 1. The zero-order chi connectivity index (χ0) is 15.4. The van der Waals surface area contributed by atoms with Crippen LogP contribution in [-0.2, 0) is 16.1 Å². The van der Waals surface area contributed by atoms with Crippen molar-refractivity contribution in [1.29, 1.82) is 0 Å². The first-order chi connectivity index (χ1) is 10.0. The molecule has 0 bridgehead atoms. The number of aryl methyl sites for hydroxylation is 2. The van der Waals surface area contributed by atoms with Crippen molar-refractivity contribution in [3.05, 3.63) is 35.5 Å². The van der Waals surface area contributed by atoms with Crippen molar-refractivity contribution in [3.63, 3.8) is 0 Å². The van der Waals surface area contributed by atoms with Crippen molar-refractivity contribution in [1.82, 2.24) is 4.57 Å². The highest BCUT2D eigenvalue weighted by Crippen LogP contribution is 2.24. The predicted octanol–water partition coefficient (Wildman–Crippen LogP) is 2.99. The van der Waals surface area contributed by atoms with Gasteiger partial charge < -0.3 is 14.4 Å². The van der Waals surface area contributed by atoms with Gasteiger partial charge in [-0.1, -0.05) is 12.1 Å². The van der Waals surface area contributed by atoms with Crippen LogP contribution in [0.5, 0.6) is 0 Å². The Bertz CT molecular complexity index is 672. The fourth-order valence-corrected chi connectivity index (χ4v) is 2.44. The molecule has 0 amide bonds. The monoisotopic (exact) mass is 289 g/mol. The molecule has 0 saturated carbocycles. The van der Waals surface area contributed by atoms with Crippen molar-refractivity contribution in [2.45, 2.75) is 33.2 Å². The Morgan fingerprint density at radius 2 is 2.10 bits per heavy atom. The molecular weight excluding hydrogens is 270 g/mol. The second-order valence-electron chi connectivity index (χ2n) is 4.91. The molecule has 0 saturated heterocycles. The van der Waals surface area contributed by atoms with Crippen LogP contribution in [0.2, 0.25) is 0 Å². The largest absolute Gasteiger partial charge is 0.481 e. The first-order valence-corrected chi connectivity index (χ1v) is 7.02. The van der Waals surface area contributed by atoms with E-state index in [1.807, 2.05) is 35.8 Å². The van der Waals surface area contributed by atoms with Crippen LogP contribution in [0.25, 0.3) is 10.9 Å². The quantitative estimate of drug-likeness (QED) is 0.830. The lowest BCUT2D eigenvalue weighted by atomic mass is 10.1. The van der Waals surface area contributed by atoms with Gasteiger partial charge in [-0.25, -0.2) is 4.79 Å². The van der Waals surface area contributed by atoms with Gasteiger partial charge in [-0.3, -0.25) is 4.79 Å². The summed E-state index contributed by atoms with van der Waals surface area (Å²) in [5.41, 5.74) is 2.49. The van der Waals surface area contributed by atoms with Crippen molar-refractivity contribution >= 4 is 22.8 Å². The Hall–Kier alpha value is -2.30. The maximum absolute atomic E-state index is 12.1. The van der Waals surface area contributed by atoms with Gasteiger partial charge in [0.05, 0.1) is 6.61 Å². The third kappa shape index (κ3) is 3.24. The number of esters is 1. The summed E-state index contributed by atoms with van der Waals surface area (Å²) in [6.07, 6.45) is 0.549. The first-order valence-electron chi connectivity index (χ1n) is 7.02. The molecule has 0 spiro atoms. The van der Waals surface area contributed by atoms with Gasteiger partial charge in [-0.15, -0.1) is 0 Å². The van der Waals surface area contributed by atoms with Gasteiger partial charge in [0.2, 0.25) is 0 Å². The third-order valence-corrected chi connectivity index (χ3v) is 3.42. The molecule has 5 heteroatoms. The molecule has 112 valence electrons. The average Bonchev–Trinajstić information content (AvgIpc) is 2.79. The number of benzene rings is 1. The number of carbonyl (C=O) groups is 2. The number of aliphatic carboxylic acids is 1. The van der Waals surface area contributed by atoms with E-state index in [4.69, 9.17) is 9.84 Å². The van der Waals surface area contributed by atoms with Crippen LogP contribution < -0.4 is 0 Å². The Kier molecular flexibility index (Phi) is 4.62. The highest BCUT2D eigenvalue weighted by atomic mass is 16.5. The number of hydrogen-bond donors (Lipinski definition) is 1. The second-order valence-corrected chi connectivity index (χ2v) is 4.91. The molecule has 0 fully saturated rings. The van der Waals surface area contributed by atoms with Gasteiger partial charge in [0, 0.05) is 23.9 Å². The summed E-state index contributed by atoms with van der Waals surface area (Å²) in [6.45, 7) is 4.54. The van der Waals surface area contributed by atoms with Crippen LogP contribution in [0.1, 0.15) is 35.8 Å². The molecule has 0 atom stereocenters. The highest BCUT2D eigenvalue weighted by molar-refractivity contribution is 5.96. The van der Waals surface area contributed by atoms with Crippen LogP contribution in [0.4, 0.5) is 0 Å². The van der Waals surface area contributed by atoms with Crippen LogP contribution in [0.3, 0.4) is 0 Å². The van der Waals surface area contributed by atoms with Crippen molar-refractivity contribution < 1.29 is 19.4 Å². The SMILES string of the molecule is CCOC(=O)c1cc2c(C)cccc2n1CCCC(=O)O. The van der Waals surface area contributed by atoms with Gasteiger partial charge in [0.25, 0.3) is 0 Å². The molecule has 0 aliphatic carbocycles. The fraction of sp³-hybridized carbons (Fsp3) is 0.375. The molecule has 1 aromatic heterocycles. The van der Waals surface area contributed by atoms with Crippen molar-refractivity contribution in [2.75, 3.05) is 6.61 Å². The molecule has 2 aromatic rings. The number of ether oxygens (including phenoxy) is 1. The molecule has 0 radical (unpaired) electrons. The topological polar surface area (TPSA) is 68.5 Å². The average molecular weight is 289 g/mol. The van der Waals surface area contributed by atoms with E-state index < -0.39 is 5.97 Å². The standard InChI is InChI=1S/C16H19NO4/c1-3-21-16(20)14-10-12-11(2)6-4-7-13(12)17(14)9-5-8-15(18)19/h4,6-7,10H,3,5,8-9H2,1-2H3,(H,18,19). The van der Waals surface area contributed by atoms with Gasteiger partial charge in [-0.2, -0.15) is 0 Å². The summed E-state index contributed by atoms with van der Waals surface area (Å²) in [6, 6.07) is 7.68. The first kappa shape index (κ1) is 15.1. The lowest BCUT2D eigenvalue weighted by molar-refractivity contribution is -0.137. The van der Waals surface area contributed by atoms with Crippen LogP contribution in [0.15, 0.2) is 24.3 Å². The maximum Gasteiger partial charge on any atom is 0.354 e. The Balaban J connectivity index is 2.42.